The minimum absolute atomic E-state index is 0.114. The van der Waals surface area contributed by atoms with Crippen molar-refractivity contribution >= 4 is 5.91 Å². The highest BCUT2D eigenvalue weighted by Crippen LogP contribution is 2.18. The van der Waals surface area contributed by atoms with Crippen molar-refractivity contribution in [3.8, 4) is 0 Å². The van der Waals surface area contributed by atoms with Crippen molar-refractivity contribution in [2.24, 2.45) is 0 Å². The van der Waals surface area contributed by atoms with E-state index in [1.54, 1.807) is 0 Å². The molecule has 1 aliphatic rings. The number of aryl methyl sites for hydroxylation is 2. The van der Waals surface area contributed by atoms with Crippen molar-refractivity contribution in [1.82, 2.24) is 10.6 Å². The summed E-state index contributed by atoms with van der Waals surface area (Å²) < 4.78 is 0. The van der Waals surface area contributed by atoms with E-state index in [2.05, 4.69) is 42.7 Å². The Morgan fingerprint density at radius 3 is 2.78 bits per heavy atom. The molecule has 0 radical (unpaired) electrons. The topological polar surface area (TPSA) is 41.1 Å². The number of carbonyl (C=O) groups is 1. The molecule has 3 nitrogen and oxygen atoms in total. The van der Waals surface area contributed by atoms with Crippen LogP contribution in [-0.4, -0.2) is 18.0 Å². The van der Waals surface area contributed by atoms with Gasteiger partial charge in [-0.05, 0) is 44.7 Å². The van der Waals surface area contributed by atoms with E-state index >= 15 is 0 Å². The number of benzene rings is 1. The number of amides is 1. The zero-order chi connectivity index (χ0) is 13.1. The van der Waals surface area contributed by atoms with Gasteiger partial charge in [0.05, 0.1) is 6.04 Å². The van der Waals surface area contributed by atoms with Crippen molar-refractivity contribution in [1.29, 1.82) is 0 Å². The van der Waals surface area contributed by atoms with E-state index in [0.29, 0.717) is 6.04 Å². The second-order valence-electron chi connectivity index (χ2n) is 5.32. The van der Waals surface area contributed by atoms with Gasteiger partial charge in [-0.3, -0.25) is 4.79 Å². The molecule has 1 atom stereocenters. The van der Waals surface area contributed by atoms with Crippen molar-refractivity contribution in [2.75, 3.05) is 0 Å². The van der Waals surface area contributed by atoms with Crippen LogP contribution in [0.2, 0.25) is 0 Å². The predicted octanol–water partition coefficient (Wildman–Crippen LogP) is 2.06. The van der Waals surface area contributed by atoms with Crippen LogP contribution in [0.4, 0.5) is 0 Å². The summed E-state index contributed by atoms with van der Waals surface area (Å²) in [5.41, 5.74) is 3.79. The Labute approximate surface area is 109 Å². The highest BCUT2D eigenvalue weighted by Gasteiger charge is 2.25. The normalized spacial score (nSPS) is 16.4. The lowest BCUT2D eigenvalue weighted by atomic mass is 10.1. The molecule has 1 unspecified atom stereocenters. The molecule has 0 heterocycles. The van der Waals surface area contributed by atoms with E-state index in [9.17, 15) is 4.79 Å². The second-order valence-corrected chi connectivity index (χ2v) is 5.32. The smallest absolute Gasteiger partial charge is 0.237 e. The lowest BCUT2D eigenvalue weighted by Gasteiger charge is -2.15. The summed E-state index contributed by atoms with van der Waals surface area (Å²) in [4.78, 5) is 11.8. The third kappa shape index (κ3) is 3.57. The largest absolute Gasteiger partial charge is 0.352 e. The molecule has 0 aromatic heterocycles. The molecule has 0 spiro atoms. The van der Waals surface area contributed by atoms with Gasteiger partial charge in [0.2, 0.25) is 5.91 Å². The molecule has 3 heteroatoms. The molecule has 1 fully saturated rings. The number of nitrogens with one attached hydrogen (secondary N) is 2. The van der Waals surface area contributed by atoms with Crippen molar-refractivity contribution in [3.05, 3.63) is 34.9 Å². The summed E-state index contributed by atoms with van der Waals surface area (Å²) in [6.07, 6.45) is 2.27. The zero-order valence-corrected chi connectivity index (χ0v) is 11.4. The summed E-state index contributed by atoms with van der Waals surface area (Å²) in [5, 5.41) is 6.30. The first-order valence-electron chi connectivity index (χ1n) is 6.66. The molecule has 0 saturated heterocycles. The summed E-state index contributed by atoms with van der Waals surface area (Å²) in [6, 6.07) is 6.71. The highest BCUT2D eigenvalue weighted by molar-refractivity contribution is 5.81. The molecule has 1 saturated carbocycles. The number of rotatable bonds is 5. The SMILES string of the molecule is Cc1ccc(C)c(CNC(C)C(=O)NC2CC2)c1. The van der Waals surface area contributed by atoms with Crippen molar-refractivity contribution in [2.45, 2.75) is 52.2 Å². The van der Waals surface area contributed by atoms with Gasteiger partial charge >= 0.3 is 0 Å². The Bertz CT molecular complexity index is 438. The van der Waals surface area contributed by atoms with Gasteiger partial charge in [-0.1, -0.05) is 23.8 Å². The van der Waals surface area contributed by atoms with E-state index in [1.165, 1.54) is 16.7 Å². The molecular formula is C15H22N2O. The average Bonchev–Trinajstić information content (AvgIpc) is 3.13. The minimum atomic E-state index is -0.134. The first kappa shape index (κ1) is 13.1. The van der Waals surface area contributed by atoms with Crippen LogP contribution in [0.3, 0.4) is 0 Å². The lowest BCUT2D eigenvalue weighted by Crippen LogP contribution is -2.42. The molecule has 1 amide bonds. The van der Waals surface area contributed by atoms with E-state index in [0.717, 1.165) is 19.4 Å². The van der Waals surface area contributed by atoms with Crippen LogP contribution in [-0.2, 0) is 11.3 Å². The van der Waals surface area contributed by atoms with E-state index in [1.807, 2.05) is 6.92 Å². The Kier molecular flexibility index (Phi) is 4.02. The highest BCUT2D eigenvalue weighted by atomic mass is 16.2. The Morgan fingerprint density at radius 2 is 2.11 bits per heavy atom. The van der Waals surface area contributed by atoms with Gasteiger partial charge in [0, 0.05) is 12.6 Å². The predicted molar refractivity (Wildman–Crippen MR) is 73.4 cm³/mol. The van der Waals surface area contributed by atoms with Crippen molar-refractivity contribution in [3.63, 3.8) is 0 Å². The molecule has 0 aliphatic heterocycles. The summed E-state index contributed by atoms with van der Waals surface area (Å²) in [7, 11) is 0. The molecule has 0 bridgehead atoms. The van der Waals surface area contributed by atoms with Crippen LogP contribution in [0.25, 0.3) is 0 Å². The van der Waals surface area contributed by atoms with E-state index in [-0.39, 0.29) is 11.9 Å². The second kappa shape index (κ2) is 5.53. The fraction of sp³-hybridized carbons (Fsp3) is 0.533. The molecule has 2 rings (SSSR count). The third-order valence-electron chi connectivity index (χ3n) is 3.42. The van der Waals surface area contributed by atoms with Crippen molar-refractivity contribution < 1.29 is 4.79 Å². The summed E-state index contributed by atoms with van der Waals surface area (Å²) >= 11 is 0. The molecular weight excluding hydrogens is 224 g/mol. The van der Waals surface area contributed by atoms with Gasteiger partial charge in [0.15, 0.2) is 0 Å². The van der Waals surface area contributed by atoms with Crippen LogP contribution in [0.15, 0.2) is 18.2 Å². The maximum Gasteiger partial charge on any atom is 0.237 e. The molecule has 1 aromatic rings. The molecule has 18 heavy (non-hydrogen) atoms. The number of carbonyl (C=O) groups excluding carboxylic acids is 1. The summed E-state index contributed by atoms with van der Waals surface area (Å²) in [5.74, 6) is 0.114. The van der Waals surface area contributed by atoms with Gasteiger partial charge in [0.25, 0.3) is 0 Å². The van der Waals surface area contributed by atoms with Gasteiger partial charge in [-0.25, -0.2) is 0 Å². The molecule has 1 aromatic carbocycles. The van der Waals surface area contributed by atoms with E-state index in [4.69, 9.17) is 0 Å². The minimum Gasteiger partial charge on any atom is -0.352 e. The fourth-order valence-electron chi connectivity index (χ4n) is 1.90. The maximum absolute atomic E-state index is 11.8. The van der Waals surface area contributed by atoms with Gasteiger partial charge in [0.1, 0.15) is 0 Å². The zero-order valence-electron chi connectivity index (χ0n) is 11.4. The first-order valence-corrected chi connectivity index (χ1v) is 6.66. The Hall–Kier alpha value is -1.35. The monoisotopic (exact) mass is 246 g/mol. The van der Waals surface area contributed by atoms with Crippen LogP contribution in [0.5, 0.6) is 0 Å². The van der Waals surface area contributed by atoms with Crippen LogP contribution >= 0.6 is 0 Å². The fourth-order valence-corrected chi connectivity index (χ4v) is 1.90. The standard InChI is InChI=1S/C15H22N2O/c1-10-4-5-11(2)13(8-10)9-16-12(3)15(18)17-14-6-7-14/h4-5,8,12,14,16H,6-7,9H2,1-3H3,(H,17,18). The lowest BCUT2D eigenvalue weighted by molar-refractivity contribution is -0.122. The Balaban J connectivity index is 1.85. The molecule has 98 valence electrons. The van der Waals surface area contributed by atoms with Gasteiger partial charge < -0.3 is 10.6 Å². The number of hydrogen-bond acceptors (Lipinski definition) is 2. The van der Waals surface area contributed by atoms with Crippen LogP contribution in [0.1, 0.15) is 36.5 Å². The van der Waals surface area contributed by atoms with Crippen LogP contribution in [0, 0.1) is 13.8 Å². The van der Waals surface area contributed by atoms with Gasteiger partial charge in [-0.15, -0.1) is 0 Å². The van der Waals surface area contributed by atoms with Crippen LogP contribution < -0.4 is 10.6 Å². The molecule has 1 aliphatic carbocycles. The third-order valence-corrected chi connectivity index (χ3v) is 3.42. The Morgan fingerprint density at radius 1 is 1.39 bits per heavy atom. The number of hydrogen-bond donors (Lipinski definition) is 2. The van der Waals surface area contributed by atoms with E-state index < -0.39 is 0 Å². The molecule has 2 N–H and O–H groups in total. The average molecular weight is 246 g/mol. The first-order chi connectivity index (χ1) is 8.56. The van der Waals surface area contributed by atoms with Gasteiger partial charge in [-0.2, -0.15) is 0 Å². The maximum atomic E-state index is 11.8. The summed E-state index contributed by atoms with van der Waals surface area (Å²) in [6.45, 7) is 6.85. The quantitative estimate of drug-likeness (QED) is 0.835.